The summed E-state index contributed by atoms with van der Waals surface area (Å²) in [7, 11) is 0. The Kier molecular flexibility index (Phi) is 4.96. The molecule has 0 unspecified atom stereocenters. The molecular weight excluding hydrogens is 229 g/mol. The van der Waals surface area contributed by atoms with E-state index in [2.05, 4.69) is 4.98 Å². The molecule has 0 radical (unpaired) electrons. The summed E-state index contributed by atoms with van der Waals surface area (Å²) in [5.74, 6) is -0.0499. The van der Waals surface area contributed by atoms with Crippen LogP contribution < -0.4 is 10.6 Å². The third kappa shape index (κ3) is 3.32. The van der Waals surface area contributed by atoms with E-state index in [-0.39, 0.29) is 6.04 Å². The second-order valence-corrected chi connectivity index (χ2v) is 4.32. The molecule has 0 saturated heterocycles. The molecule has 0 aliphatic carbocycles. The molecule has 0 fully saturated rings. The number of rotatable bonds is 5. The van der Waals surface area contributed by atoms with Crippen LogP contribution in [-0.2, 0) is 0 Å². The van der Waals surface area contributed by atoms with E-state index < -0.39 is 5.82 Å². The maximum absolute atomic E-state index is 13.7. The summed E-state index contributed by atoms with van der Waals surface area (Å²) in [5, 5.41) is 0.309. The summed E-state index contributed by atoms with van der Waals surface area (Å²) >= 11 is 5.66. The third-order valence-corrected chi connectivity index (χ3v) is 2.49. The Balaban J connectivity index is 2.92. The predicted octanol–water partition coefficient (Wildman–Crippen LogP) is 2.44. The van der Waals surface area contributed by atoms with E-state index in [0.717, 1.165) is 6.42 Å². The van der Waals surface area contributed by atoms with Crippen molar-refractivity contribution in [2.45, 2.75) is 26.3 Å². The van der Waals surface area contributed by atoms with Crippen LogP contribution in [0.2, 0.25) is 5.02 Å². The van der Waals surface area contributed by atoms with Gasteiger partial charge in [-0.1, -0.05) is 11.6 Å². The van der Waals surface area contributed by atoms with Gasteiger partial charge in [-0.05, 0) is 32.9 Å². The zero-order valence-corrected chi connectivity index (χ0v) is 10.3. The Bertz CT molecular complexity index is 344. The quantitative estimate of drug-likeness (QED) is 0.867. The smallest absolute Gasteiger partial charge is 0.167 e. The van der Waals surface area contributed by atoms with Crippen LogP contribution >= 0.6 is 11.6 Å². The van der Waals surface area contributed by atoms with Gasteiger partial charge in [0.25, 0.3) is 0 Å². The van der Waals surface area contributed by atoms with Crippen LogP contribution in [0.15, 0.2) is 12.3 Å². The molecule has 0 aliphatic heterocycles. The molecule has 0 aromatic carbocycles. The number of anilines is 1. The number of aromatic nitrogens is 1. The number of hydrogen-bond acceptors (Lipinski definition) is 3. The average molecular weight is 246 g/mol. The molecule has 0 saturated carbocycles. The van der Waals surface area contributed by atoms with Gasteiger partial charge < -0.3 is 10.6 Å². The second-order valence-electron chi connectivity index (χ2n) is 3.89. The summed E-state index contributed by atoms with van der Waals surface area (Å²) in [5.41, 5.74) is 5.46. The lowest BCUT2D eigenvalue weighted by Gasteiger charge is -2.28. The molecule has 1 rings (SSSR count). The van der Waals surface area contributed by atoms with E-state index in [1.54, 1.807) is 0 Å². The first-order valence-corrected chi connectivity index (χ1v) is 5.71. The number of pyridine rings is 1. The first-order chi connectivity index (χ1) is 7.56. The highest BCUT2D eigenvalue weighted by Crippen LogP contribution is 2.21. The molecule has 2 N–H and O–H groups in total. The molecule has 0 aliphatic rings. The first-order valence-electron chi connectivity index (χ1n) is 5.34. The van der Waals surface area contributed by atoms with Crippen molar-refractivity contribution in [3.05, 3.63) is 23.1 Å². The van der Waals surface area contributed by atoms with Crippen molar-refractivity contribution in [1.82, 2.24) is 4.98 Å². The van der Waals surface area contributed by atoms with Gasteiger partial charge in [0, 0.05) is 18.8 Å². The topological polar surface area (TPSA) is 42.1 Å². The summed E-state index contributed by atoms with van der Waals surface area (Å²) < 4.78 is 13.7. The molecule has 0 spiro atoms. The summed E-state index contributed by atoms with van der Waals surface area (Å²) in [4.78, 5) is 5.92. The van der Waals surface area contributed by atoms with Crippen LogP contribution in [0.4, 0.5) is 10.2 Å². The molecule has 1 heterocycles. The van der Waals surface area contributed by atoms with Gasteiger partial charge in [0.2, 0.25) is 0 Å². The molecule has 16 heavy (non-hydrogen) atoms. The standard InChI is InChI=1S/C11H17ClFN3/c1-8(2)16(5-3-4-14)11-10(13)6-9(12)7-15-11/h6-8H,3-5,14H2,1-2H3. The van der Waals surface area contributed by atoms with E-state index >= 15 is 0 Å². The van der Waals surface area contributed by atoms with E-state index in [0.29, 0.717) is 23.9 Å². The van der Waals surface area contributed by atoms with Gasteiger partial charge in [-0.3, -0.25) is 0 Å². The van der Waals surface area contributed by atoms with Gasteiger partial charge >= 0.3 is 0 Å². The Hall–Kier alpha value is -0.870. The highest BCUT2D eigenvalue weighted by Gasteiger charge is 2.15. The Morgan fingerprint density at radius 2 is 2.25 bits per heavy atom. The Morgan fingerprint density at radius 3 is 2.75 bits per heavy atom. The fourth-order valence-corrected chi connectivity index (χ4v) is 1.63. The van der Waals surface area contributed by atoms with Gasteiger partial charge in [0.15, 0.2) is 11.6 Å². The lowest BCUT2D eigenvalue weighted by molar-refractivity contribution is 0.583. The number of hydrogen-bond donors (Lipinski definition) is 1. The van der Waals surface area contributed by atoms with Gasteiger partial charge in [0.05, 0.1) is 5.02 Å². The van der Waals surface area contributed by atoms with Gasteiger partial charge in [0.1, 0.15) is 0 Å². The minimum absolute atomic E-state index is 0.176. The van der Waals surface area contributed by atoms with Crippen LogP contribution in [-0.4, -0.2) is 24.1 Å². The van der Waals surface area contributed by atoms with Crippen molar-refractivity contribution in [3.8, 4) is 0 Å². The number of nitrogens with zero attached hydrogens (tertiary/aromatic N) is 2. The van der Waals surface area contributed by atoms with Gasteiger partial charge in [-0.25, -0.2) is 9.37 Å². The predicted molar refractivity (Wildman–Crippen MR) is 65.4 cm³/mol. The normalized spacial score (nSPS) is 10.9. The highest BCUT2D eigenvalue weighted by atomic mass is 35.5. The second kappa shape index (κ2) is 6.01. The summed E-state index contributed by atoms with van der Waals surface area (Å²) in [6, 6.07) is 1.46. The van der Waals surface area contributed by atoms with Crippen molar-refractivity contribution >= 4 is 17.4 Å². The Morgan fingerprint density at radius 1 is 1.56 bits per heavy atom. The molecule has 5 heteroatoms. The molecule has 0 amide bonds. The minimum Gasteiger partial charge on any atom is -0.352 e. The van der Waals surface area contributed by atoms with Crippen molar-refractivity contribution in [3.63, 3.8) is 0 Å². The molecule has 0 bridgehead atoms. The minimum atomic E-state index is -0.391. The largest absolute Gasteiger partial charge is 0.352 e. The van der Waals surface area contributed by atoms with Crippen LogP contribution in [0.25, 0.3) is 0 Å². The zero-order valence-electron chi connectivity index (χ0n) is 9.58. The highest BCUT2D eigenvalue weighted by molar-refractivity contribution is 6.30. The van der Waals surface area contributed by atoms with E-state index in [4.69, 9.17) is 17.3 Å². The third-order valence-electron chi connectivity index (χ3n) is 2.29. The van der Waals surface area contributed by atoms with E-state index in [1.165, 1.54) is 12.3 Å². The maximum Gasteiger partial charge on any atom is 0.167 e. The van der Waals surface area contributed by atoms with Crippen molar-refractivity contribution in [2.24, 2.45) is 5.73 Å². The van der Waals surface area contributed by atoms with Crippen LogP contribution in [0.1, 0.15) is 20.3 Å². The maximum atomic E-state index is 13.7. The SMILES string of the molecule is CC(C)N(CCCN)c1ncc(Cl)cc1F. The molecular formula is C11H17ClFN3. The summed E-state index contributed by atoms with van der Waals surface area (Å²) in [6.07, 6.45) is 2.26. The van der Waals surface area contributed by atoms with Gasteiger partial charge in [-0.2, -0.15) is 0 Å². The molecule has 3 nitrogen and oxygen atoms in total. The monoisotopic (exact) mass is 245 g/mol. The number of nitrogens with two attached hydrogens (primary N) is 1. The van der Waals surface area contributed by atoms with Crippen molar-refractivity contribution in [2.75, 3.05) is 18.0 Å². The molecule has 90 valence electrons. The van der Waals surface area contributed by atoms with Crippen LogP contribution in [0.5, 0.6) is 0 Å². The van der Waals surface area contributed by atoms with Gasteiger partial charge in [-0.15, -0.1) is 0 Å². The fourth-order valence-electron chi connectivity index (χ4n) is 1.49. The van der Waals surface area contributed by atoms with E-state index in [9.17, 15) is 4.39 Å². The Labute approximate surface area is 100 Å². The summed E-state index contributed by atoms with van der Waals surface area (Å²) in [6.45, 7) is 5.26. The molecule has 1 aromatic heterocycles. The average Bonchev–Trinajstić information content (AvgIpc) is 2.20. The molecule has 1 aromatic rings. The number of halogens is 2. The van der Waals surface area contributed by atoms with Crippen molar-refractivity contribution in [1.29, 1.82) is 0 Å². The van der Waals surface area contributed by atoms with Crippen molar-refractivity contribution < 1.29 is 4.39 Å². The van der Waals surface area contributed by atoms with E-state index in [1.807, 2.05) is 18.7 Å². The van der Waals surface area contributed by atoms with Crippen LogP contribution in [0.3, 0.4) is 0 Å². The fraction of sp³-hybridized carbons (Fsp3) is 0.545. The first kappa shape index (κ1) is 13.2. The lowest BCUT2D eigenvalue weighted by atomic mass is 10.2. The molecule has 0 atom stereocenters. The lowest BCUT2D eigenvalue weighted by Crippen LogP contribution is -2.34. The zero-order chi connectivity index (χ0) is 12.1. The van der Waals surface area contributed by atoms with Crippen LogP contribution in [0, 0.1) is 5.82 Å².